The first-order valence-corrected chi connectivity index (χ1v) is 14.0. The van der Waals surface area contributed by atoms with Crippen molar-refractivity contribution in [3.63, 3.8) is 0 Å². The molecule has 4 rings (SSSR count). The Balaban J connectivity index is 1.63. The molecule has 0 saturated carbocycles. The summed E-state index contributed by atoms with van der Waals surface area (Å²) in [7, 11) is -4.42. The highest BCUT2D eigenvalue weighted by Crippen LogP contribution is 2.32. The average Bonchev–Trinajstić information content (AvgIpc) is 3.20. The topological polar surface area (TPSA) is 139 Å². The molecule has 2 saturated heterocycles. The summed E-state index contributed by atoms with van der Waals surface area (Å²) < 4.78 is 48.7. The second-order valence-corrected chi connectivity index (χ2v) is 12.4. The number of nitro benzene ring substituents is 1. The summed E-state index contributed by atoms with van der Waals surface area (Å²) in [5.74, 6) is -1.71. The largest absolute Gasteiger partial charge is 0.460 e. The Bertz CT molecular complexity index is 1410. The van der Waals surface area contributed by atoms with Gasteiger partial charge in [-0.15, -0.1) is 0 Å². The lowest BCUT2D eigenvalue weighted by Crippen LogP contribution is -2.65. The first kappa shape index (κ1) is 28.6. The van der Waals surface area contributed by atoms with Gasteiger partial charge in [0.1, 0.15) is 11.9 Å². The van der Waals surface area contributed by atoms with Crippen molar-refractivity contribution in [1.82, 2.24) is 9.62 Å². The maximum Gasteiger partial charge on any atom is 0.309 e. The molecule has 0 radical (unpaired) electrons. The van der Waals surface area contributed by atoms with Gasteiger partial charge in [0.2, 0.25) is 15.9 Å². The number of carbonyl (C=O) groups is 2. The molecule has 2 aliphatic heterocycles. The van der Waals surface area contributed by atoms with Gasteiger partial charge in [0.25, 0.3) is 5.69 Å². The number of para-hydroxylation sites is 1. The van der Waals surface area contributed by atoms with E-state index in [0.29, 0.717) is 5.69 Å². The van der Waals surface area contributed by atoms with E-state index >= 15 is 0 Å². The predicted octanol–water partition coefficient (Wildman–Crippen LogP) is 2.77. The SMILES string of the molecule is Cc1ccc(F)cc1N1CC(C)(C)N(C[C@H](NS(=O)(=O)c2ccccc2[N+](=O)[O-])[C@@H]2C[C@@H](C)C(=O)O2)CC1=O. The van der Waals surface area contributed by atoms with E-state index in [9.17, 15) is 32.5 Å². The fourth-order valence-corrected chi connectivity index (χ4v) is 6.44. The number of rotatable bonds is 8. The number of nitrogens with zero attached hydrogens (tertiary/aromatic N) is 3. The number of ether oxygens (including phenoxy) is 1. The number of aryl methyl sites for hydroxylation is 1. The fourth-order valence-electron chi connectivity index (χ4n) is 5.01. The third-order valence-electron chi connectivity index (χ3n) is 7.27. The quantitative estimate of drug-likeness (QED) is 0.294. The Morgan fingerprint density at radius 3 is 2.56 bits per heavy atom. The molecule has 1 amide bonds. The molecular formula is C26H31FN4O7S. The van der Waals surface area contributed by atoms with Crippen LogP contribution in [0.3, 0.4) is 0 Å². The van der Waals surface area contributed by atoms with Crippen LogP contribution in [-0.2, 0) is 24.3 Å². The van der Waals surface area contributed by atoms with Gasteiger partial charge in [-0.25, -0.2) is 17.5 Å². The molecule has 0 unspecified atom stereocenters. The number of esters is 1. The zero-order valence-electron chi connectivity index (χ0n) is 22.1. The summed E-state index contributed by atoms with van der Waals surface area (Å²) in [4.78, 5) is 39.0. The number of hydrogen-bond donors (Lipinski definition) is 1. The van der Waals surface area contributed by atoms with Crippen LogP contribution in [0, 0.1) is 28.8 Å². The number of nitrogens with one attached hydrogen (secondary N) is 1. The molecule has 0 spiro atoms. The monoisotopic (exact) mass is 562 g/mol. The zero-order chi connectivity index (χ0) is 28.7. The molecule has 13 heteroatoms. The Morgan fingerprint density at radius 2 is 1.92 bits per heavy atom. The van der Waals surface area contributed by atoms with Crippen molar-refractivity contribution in [3.8, 4) is 0 Å². The van der Waals surface area contributed by atoms with E-state index in [1.165, 1.54) is 29.2 Å². The summed E-state index contributed by atoms with van der Waals surface area (Å²) in [5.41, 5.74) is -0.0884. The van der Waals surface area contributed by atoms with Gasteiger partial charge in [-0.1, -0.05) is 25.1 Å². The number of carbonyl (C=O) groups excluding carboxylic acids is 2. The lowest BCUT2D eigenvalue weighted by Gasteiger charge is -2.48. The van der Waals surface area contributed by atoms with Crippen molar-refractivity contribution in [2.45, 2.75) is 56.7 Å². The molecule has 0 aromatic heterocycles. The minimum absolute atomic E-state index is 0.0146. The van der Waals surface area contributed by atoms with Crippen LogP contribution in [0.15, 0.2) is 47.4 Å². The molecule has 3 atom stereocenters. The van der Waals surface area contributed by atoms with E-state index in [0.717, 1.165) is 17.7 Å². The normalized spacial score (nSPS) is 22.5. The lowest BCUT2D eigenvalue weighted by atomic mass is 9.95. The third-order valence-corrected chi connectivity index (χ3v) is 8.81. The number of cyclic esters (lactones) is 1. The van der Waals surface area contributed by atoms with Gasteiger partial charge in [0.15, 0.2) is 4.90 Å². The Hall–Kier alpha value is -3.42. The summed E-state index contributed by atoms with van der Waals surface area (Å²) in [6, 6.07) is 8.20. The van der Waals surface area contributed by atoms with Crippen LogP contribution in [-0.4, -0.2) is 67.4 Å². The van der Waals surface area contributed by atoms with E-state index in [-0.39, 0.29) is 32.0 Å². The molecular weight excluding hydrogens is 531 g/mol. The van der Waals surface area contributed by atoms with Gasteiger partial charge in [-0.05, 0) is 51.0 Å². The highest BCUT2D eigenvalue weighted by atomic mass is 32.2. The Kier molecular flexibility index (Phi) is 7.79. The van der Waals surface area contributed by atoms with E-state index in [1.807, 2.05) is 13.8 Å². The molecule has 0 aliphatic carbocycles. The van der Waals surface area contributed by atoms with Crippen LogP contribution >= 0.6 is 0 Å². The second-order valence-electron chi connectivity index (χ2n) is 10.7. The number of benzene rings is 2. The molecule has 2 fully saturated rings. The van der Waals surface area contributed by atoms with Crippen molar-refractivity contribution >= 4 is 33.3 Å². The number of nitro groups is 1. The number of halogens is 1. The van der Waals surface area contributed by atoms with E-state index in [1.54, 1.807) is 24.8 Å². The molecule has 0 bridgehead atoms. The predicted molar refractivity (Wildman–Crippen MR) is 140 cm³/mol. The van der Waals surface area contributed by atoms with Crippen LogP contribution in [0.2, 0.25) is 0 Å². The van der Waals surface area contributed by atoms with Crippen LogP contribution < -0.4 is 9.62 Å². The highest BCUT2D eigenvalue weighted by Gasteiger charge is 2.45. The number of amides is 1. The standard InChI is InChI=1S/C26H31FN4O7S/c1-16-9-10-18(27)12-21(16)30-15-26(3,4)29(14-24(30)32)13-19(22-11-17(2)25(33)38-22)28-39(36,37)23-8-6-5-7-20(23)31(34)35/h5-10,12,17,19,22,28H,11,13-15H2,1-4H3/t17-,19+,22+/m1/s1. The van der Waals surface area contributed by atoms with Gasteiger partial charge in [0, 0.05) is 30.4 Å². The van der Waals surface area contributed by atoms with Crippen molar-refractivity contribution in [3.05, 3.63) is 64.0 Å². The Labute approximate surface area is 226 Å². The van der Waals surface area contributed by atoms with Gasteiger partial charge in [0.05, 0.1) is 23.4 Å². The van der Waals surface area contributed by atoms with Crippen molar-refractivity contribution in [1.29, 1.82) is 0 Å². The number of hydrogen-bond acceptors (Lipinski definition) is 8. The minimum Gasteiger partial charge on any atom is -0.460 e. The first-order valence-electron chi connectivity index (χ1n) is 12.5. The molecule has 11 nitrogen and oxygen atoms in total. The lowest BCUT2D eigenvalue weighted by molar-refractivity contribution is -0.387. The first-order chi connectivity index (χ1) is 18.2. The maximum absolute atomic E-state index is 14.0. The number of anilines is 1. The maximum atomic E-state index is 14.0. The van der Waals surface area contributed by atoms with E-state index in [2.05, 4.69) is 4.72 Å². The van der Waals surface area contributed by atoms with Crippen LogP contribution in [0.5, 0.6) is 0 Å². The second kappa shape index (κ2) is 10.6. The summed E-state index contributed by atoms with van der Waals surface area (Å²) in [6.07, 6.45) is -0.612. The van der Waals surface area contributed by atoms with Gasteiger partial charge in [-0.3, -0.25) is 24.6 Å². The molecule has 2 aromatic rings. The van der Waals surface area contributed by atoms with E-state index in [4.69, 9.17) is 4.74 Å². The molecule has 210 valence electrons. The summed E-state index contributed by atoms with van der Waals surface area (Å²) in [5, 5.41) is 11.5. The third kappa shape index (κ3) is 5.94. The molecule has 39 heavy (non-hydrogen) atoms. The van der Waals surface area contributed by atoms with E-state index < -0.39 is 60.9 Å². The van der Waals surface area contributed by atoms with Gasteiger partial charge >= 0.3 is 5.97 Å². The van der Waals surface area contributed by atoms with Gasteiger partial charge < -0.3 is 9.64 Å². The zero-order valence-corrected chi connectivity index (χ0v) is 22.9. The number of piperazine rings is 1. The van der Waals surface area contributed by atoms with Crippen molar-refractivity contribution in [2.24, 2.45) is 5.92 Å². The summed E-state index contributed by atoms with van der Waals surface area (Å²) in [6.45, 7) is 7.27. The van der Waals surface area contributed by atoms with Gasteiger partial charge in [-0.2, -0.15) is 0 Å². The van der Waals surface area contributed by atoms with Crippen LogP contribution in [0.1, 0.15) is 32.8 Å². The van der Waals surface area contributed by atoms with Crippen LogP contribution in [0.4, 0.5) is 15.8 Å². The fraction of sp³-hybridized carbons (Fsp3) is 0.462. The molecule has 1 N–H and O–H groups in total. The Morgan fingerprint density at radius 1 is 1.23 bits per heavy atom. The molecule has 2 heterocycles. The molecule has 2 aliphatic rings. The minimum atomic E-state index is -4.42. The van der Waals surface area contributed by atoms with Crippen molar-refractivity contribution < 1.29 is 32.1 Å². The van der Waals surface area contributed by atoms with Crippen LogP contribution in [0.25, 0.3) is 0 Å². The smallest absolute Gasteiger partial charge is 0.309 e. The highest BCUT2D eigenvalue weighted by molar-refractivity contribution is 7.89. The van der Waals surface area contributed by atoms with Crippen molar-refractivity contribution in [2.75, 3.05) is 24.5 Å². The molecule has 2 aromatic carbocycles. The number of sulfonamides is 1. The summed E-state index contributed by atoms with van der Waals surface area (Å²) >= 11 is 0. The average molecular weight is 563 g/mol.